The molecule has 6 heteroatoms. The van der Waals surface area contributed by atoms with Crippen molar-refractivity contribution < 1.29 is 8.78 Å². The van der Waals surface area contributed by atoms with E-state index in [0.29, 0.717) is 0 Å². The maximum absolute atomic E-state index is 13.3. The minimum absolute atomic E-state index is 0.552. The average molecular weight is 204 g/mol. The first-order valence-corrected chi connectivity index (χ1v) is 3.70. The summed E-state index contributed by atoms with van der Waals surface area (Å²) in [6, 6.07) is 4.31. The number of aromatic nitrogens is 1. The highest BCUT2D eigenvalue weighted by Gasteiger charge is 2.19. The molecule has 0 aliphatic rings. The zero-order chi connectivity index (χ0) is 11.4. The lowest BCUT2D eigenvalue weighted by Gasteiger charge is -2.02. The van der Waals surface area contributed by atoms with Gasteiger partial charge in [-0.25, -0.2) is 13.8 Å². The summed E-state index contributed by atoms with van der Waals surface area (Å²) >= 11 is 0. The van der Waals surface area contributed by atoms with Gasteiger partial charge in [-0.15, -0.1) is 0 Å². The fourth-order valence-electron chi connectivity index (χ4n) is 0.975. The summed E-state index contributed by atoms with van der Waals surface area (Å²) in [5.41, 5.74) is -1.96. The van der Waals surface area contributed by atoms with E-state index in [1.165, 1.54) is 12.1 Å². The molecule has 1 rings (SSSR count). The van der Waals surface area contributed by atoms with Crippen LogP contribution in [0.3, 0.4) is 0 Å². The van der Waals surface area contributed by atoms with Crippen molar-refractivity contribution in [2.75, 3.05) is 0 Å². The summed E-state index contributed by atoms with van der Waals surface area (Å²) in [5.74, 6) is -2.37. The molecule has 0 saturated carbocycles. The zero-order valence-corrected chi connectivity index (χ0v) is 7.25. The van der Waals surface area contributed by atoms with E-state index in [2.05, 4.69) is 4.98 Å². The first kappa shape index (κ1) is 10.6. The predicted octanol–water partition coefficient (Wildman–Crippen LogP) is 1.17. The molecule has 0 aliphatic heterocycles. The second-order valence-corrected chi connectivity index (χ2v) is 2.47. The molecule has 72 valence electrons. The van der Waals surface area contributed by atoms with E-state index >= 15 is 0 Å². The Morgan fingerprint density at radius 3 is 1.80 bits per heavy atom. The van der Waals surface area contributed by atoms with E-state index in [0.717, 1.165) is 0 Å². The molecule has 1 aromatic rings. The van der Waals surface area contributed by atoms with E-state index in [1.807, 2.05) is 0 Å². The number of nitriles is 3. The summed E-state index contributed by atoms with van der Waals surface area (Å²) in [6.07, 6.45) is -0.552. The molecule has 1 aromatic heterocycles. The Morgan fingerprint density at radius 2 is 1.47 bits per heavy atom. The van der Waals surface area contributed by atoms with Gasteiger partial charge in [0.2, 0.25) is 0 Å². The summed E-state index contributed by atoms with van der Waals surface area (Å²) in [5, 5.41) is 25.2. The van der Waals surface area contributed by atoms with Gasteiger partial charge in [0, 0.05) is 5.56 Å². The second kappa shape index (κ2) is 4.13. The SMILES string of the molecule is N#CCc1c(F)c(C#N)nc(C#N)c1F. The highest BCUT2D eigenvalue weighted by molar-refractivity contribution is 5.38. The third kappa shape index (κ3) is 1.72. The lowest BCUT2D eigenvalue weighted by molar-refractivity contribution is 0.547. The molecule has 0 spiro atoms. The van der Waals surface area contributed by atoms with Crippen molar-refractivity contribution in [3.63, 3.8) is 0 Å². The second-order valence-electron chi connectivity index (χ2n) is 2.47. The molecule has 0 aromatic carbocycles. The van der Waals surface area contributed by atoms with Crippen LogP contribution in [0.5, 0.6) is 0 Å². The molecular weight excluding hydrogens is 202 g/mol. The van der Waals surface area contributed by atoms with Crippen LogP contribution < -0.4 is 0 Å². The largest absolute Gasteiger partial charge is 0.220 e. The van der Waals surface area contributed by atoms with Crippen LogP contribution in [-0.4, -0.2) is 4.98 Å². The molecule has 0 unspecified atom stereocenters. The van der Waals surface area contributed by atoms with Gasteiger partial charge in [-0.05, 0) is 0 Å². The molecule has 0 radical (unpaired) electrons. The van der Waals surface area contributed by atoms with Gasteiger partial charge in [0.05, 0.1) is 12.5 Å². The molecule has 0 N–H and O–H groups in total. The molecule has 15 heavy (non-hydrogen) atoms. The normalized spacial score (nSPS) is 8.73. The van der Waals surface area contributed by atoms with Crippen LogP contribution in [0.1, 0.15) is 17.0 Å². The van der Waals surface area contributed by atoms with Crippen LogP contribution in [0.15, 0.2) is 0 Å². The molecule has 1 heterocycles. The standard InChI is InChI=1S/C9H2F2N4/c10-8-5(1-2-12)9(11)7(4-14)15-6(8)3-13/h1H2. The summed E-state index contributed by atoms with van der Waals surface area (Å²) < 4.78 is 26.5. The Hall–Kier alpha value is -2.52. The molecule has 0 fully saturated rings. The van der Waals surface area contributed by atoms with Crippen molar-refractivity contribution in [2.45, 2.75) is 6.42 Å². The van der Waals surface area contributed by atoms with E-state index in [-0.39, 0.29) is 0 Å². The minimum Gasteiger partial charge on any atom is -0.220 e. The van der Waals surface area contributed by atoms with Crippen LogP contribution in [0.25, 0.3) is 0 Å². The summed E-state index contributed by atoms with van der Waals surface area (Å²) in [6.45, 7) is 0. The van der Waals surface area contributed by atoms with Crippen molar-refractivity contribution in [1.82, 2.24) is 4.98 Å². The maximum atomic E-state index is 13.3. The van der Waals surface area contributed by atoms with E-state index in [4.69, 9.17) is 15.8 Å². The molecule has 0 amide bonds. The average Bonchev–Trinajstić information content (AvgIpc) is 2.25. The fraction of sp³-hybridized carbons (Fsp3) is 0.111. The maximum Gasteiger partial charge on any atom is 0.178 e. The van der Waals surface area contributed by atoms with Gasteiger partial charge >= 0.3 is 0 Å². The number of rotatable bonds is 1. The first-order valence-electron chi connectivity index (χ1n) is 3.70. The molecule has 0 aliphatic carbocycles. The van der Waals surface area contributed by atoms with Gasteiger partial charge < -0.3 is 0 Å². The van der Waals surface area contributed by atoms with Crippen molar-refractivity contribution in [3.8, 4) is 18.2 Å². The number of hydrogen-bond donors (Lipinski definition) is 0. The molecule has 0 saturated heterocycles. The third-order valence-corrected chi connectivity index (χ3v) is 1.64. The van der Waals surface area contributed by atoms with Crippen molar-refractivity contribution >= 4 is 0 Å². The van der Waals surface area contributed by atoms with Crippen molar-refractivity contribution in [3.05, 3.63) is 28.6 Å². The number of hydrogen-bond acceptors (Lipinski definition) is 4. The monoisotopic (exact) mass is 204 g/mol. The summed E-state index contributed by atoms with van der Waals surface area (Å²) in [7, 11) is 0. The highest BCUT2D eigenvalue weighted by atomic mass is 19.1. The Morgan fingerprint density at radius 1 is 1.00 bits per heavy atom. The molecule has 4 nitrogen and oxygen atoms in total. The molecule has 0 bridgehead atoms. The number of halogens is 2. The van der Waals surface area contributed by atoms with Gasteiger partial charge in [-0.3, -0.25) is 0 Å². The highest BCUT2D eigenvalue weighted by Crippen LogP contribution is 2.17. The lowest BCUT2D eigenvalue weighted by atomic mass is 10.1. The van der Waals surface area contributed by atoms with E-state index < -0.39 is 35.0 Å². The van der Waals surface area contributed by atoms with Gasteiger partial charge in [0.1, 0.15) is 12.1 Å². The lowest BCUT2D eigenvalue weighted by Crippen LogP contribution is -2.05. The van der Waals surface area contributed by atoms with E-state index in [9.17, 15) is 8.78 Å². The van der Waals surface area contributed by atoms with Gasteiger partial charge in [-0.2, -0.15) is 15.8 Å². The van der Waals surface area contributed by atoms with Crippen LogP contribution in [0.4, 0.5) is 8.78 Å². The predicted molar refractivity (Wildman–Crippen MR) is 42.9 cm³/mol. The summed E-state index contributed by atoms with van der Waals surface area (Å²) in [4.78, 5) is 3.17. The van der Waals surface area contributed by atoms with Crippen LogP contribution in [-0.2, 0) is 6.42 Å². The minimum atomic E-state index is -1.18. The number of nitrogens with zero attached hydrogens (tertiary/aromatic N) is 4. The van der Waals surface area contributed by atoms with Crippen LogP contribution in [0, 0.1) is 45.6 Å². The Labute approximate surface area is 83.6 Å². The molecule has 0 atom stereocenters. The third-order valence-electron chi connectivity index (χ3n) is 1.64. The Kier molecular flexibility index (Phi) is 2.91. The topological polar surface area (TPSA) is 84.3 Å². The van der Waals surface area contributed by atoms with Crippen LogP contribution >= 0.6 is 0 Å². The van der Waals surface area contributed by atoms with Crippen LogP contribution in [0.2, 0.25) is 0 Å². The van der Waals surface area contributed by atoms with Crippen molar-refractivity contribution in [1.29, 1.82) is 15.8 Å². The quantitative estimate of drug-likeness (QED) is 0.687. The fourth-order valence-corrected chi connectivity index (χ4v) is 0.975. The Balaban J connectivity index is 3.58. The van der Waals surface area contributed by atoms with Crippen molar-refractivity contribution in [2.24, 2.45) is 0 Å². The smallest absolute Gasteiger partial charge is 0.178 e. The van der Waals surface area contributed by atoms with Gasteiger partial charge in [-0.1, -0.05) is 0 Å². The Bertz CT molecular complexity index is 493. The first-order chi connectivity index (χ1) is 7.15. The zero-order valence-electron chi connectivity index (χ0n) is 7.25. The molecular formula is C9H2F2N4. The number of pyridine rings is 1. The van der Waals surface area contributed by atoms with E-state index in [1.54, 1.807) is 6.07 Å². The van der Waals surface area contributed by atoms with Gasteiger partial charge in [0.25, 0.3) is 0 Å². The van der Waals surface area contributed by atoms with Gasteiger partial charge in [0.15, 0.2) is 23.0 Å².